The fourth-order valence-electron chi connectivity index (χ4n) is 2.86. The summed E-state index contributed by atoms with van der Waals surface area (Å²) in [4.78, 5) is 6.96. The maximum Gasteiger partial charge on any atom is 0.191 e. The van der Waals surface area contributed by atoms with Crippen LogP contribution in [0.1, 0.15) is 39.5 Å². The maximum absolute atomic E-state index is 4.33. The number of rotatable bonds is 9. The number of aliphatic imine (C=N–C) groups is 1. The van der Waals surface area contributed by atoms with Crippen LogP contribution in [0.15, 0.2) is 4.99 Å². The van der Waals surface area contributed by atoms with Crippen molar-refractivity contribution in [2.75, 3.05) is 45.2 Å². The highest BCUT2D eigenvalue weighted by Crippen LogP contribution is 2.16. The van der Waals surface area contributed by atoms with E-state index in [1.807, 2.05) is 18.8 Å². The first-order valence-corrected chi connectivity index (χ1v) is 9.76. The molecule has 0 aliphatic carbocycles. The zero-order valence-electron chi connectivity index (χ0n) is 14.3. The Bertz CT molecular complexity index is 288. The molecule has 0 spiro atoms. The van der Waals surface area contributed by atoms with Gasteiger partial charge in [-0.25, -0.2) is 0 Å². The Morgan fingerprint density at radius 2 is 1.90 bits per heavy atom. The molecule has 1 fully saturated rings. The molecule has 0 saturated carbocycles. The Kier molecular flexibility index (Phi) is 9.92. The molecule has 5 heteroatoms. The van der Waals surface area contributed by atoms with Crippen LogP contribution in [-0.4, -0.2) is 62.1 Å². The monoisotopic (exact) mass is 314 g/mol. The van der Waals surface area contributed by atoms with Crippen LogP contribution in [0.3, 0.4) is 0 Å². The van der Waals surface area contributed by atoms with Crippen LogP contribution in [0.5, 0.6) is 0 Å². The molecule has 4 nitrogen and oxygen atoms in total. The zero-order valence-corrected chi connectivity index (χ0v) is 15.1. The molecular weight excluding hydrogens is 280 g/mol. The summed E-state index contributed by atoms with van der Waals surface area (Å²) >= 11 is 1.92. The topological polar surface area (TPSA) is 39.7 Å². The highest BCUT2D eigenvalue weighted by atomic mass is 32.2. The Labute approximate surface area is 135 Å². The van der Waals surface area contributed by atoms with Gasteiger partial charge in [0.25, 0.3) is 0 Å². The minimum absolute atomic E-state index is 0.613. The molecule has 0 aromatic rings. The van der Waals surface area contributed by atoms with E-state index in [1.165, 1.54) is 44.5 Å². The highest BCUT2D eigenvalue weighted by Gasteiger charge is 2.24. The Morgan fingerprint density at radius 3 is 2.48 bits per heavy atom. The lowest BCUT2D eigenvalue weighted by molar-refractivity contribution is 0.192. The highest BCUT2D eigenvalue weighted by molar-refractivity contribution is 7.98. The van der Waals surface area contributed by atoms with Gasteiger partial charge >= 0.3 is 0 Å². The van der Waals surface area contributed by atoms with E-state index >= 15 is 0 Å². The van der Waals surface area contributed by atoms with Gasteiger partial charge in [-0.15, -0.1) is 0 Å². The largest absolute Gasteiger partial charge is 0.356 e. The van der Waals surface area contributed by atoms with Crippen LogP contribution >= 0.6 is 11.8 Å². The molecule has 124 valence electrons. The third-order valence-electron chi connectivity index (χ3n) is 4.15. The fourth-order valence-corrected chi connectivity index (χ4v) is 3.35. The van der Waals surface area contributed by atoms with Crippen molar-refractivity contribution in [1.29, 1.82) is 0 Å². The van der Waals surface area contributed by atoms with Gasteiger partial charge < -0.3 is 10.6 Å². The van der Waals surface area contributed by atoms with Crippen molar-refractivity contribution >= 4 is 17.7 Å². The van der Waals surface area contributed by atoms with Crippen molar-refractivity contribution in [3.8, 4) is 0 Å². The van der Waals surface area contributed by atoms with Crippen molar-refractivity contribution in [2.45, 2.75) is 45.6 Å². The lowest BCUT2D eigenvalue weighted by atomic mass is 10.0. The van der Waals surface area contributed by atoms with Crippen LogP contribution in [-0.2, 0) is 0 Å². The van der Waals surface area contributed by atoms with E-state index in [4.69, 9.17) is 0 Å². The lowest BCUT2D eigenvalue weighted by Gasteiger charge is -2.31. The second-order valence-corrected chi connectivity index (χ2v) is 7.12. The summed E-state index contributed by atoms with van der Waals surface area (Å²) in [5, 5.41) is 6.93. The Balaban J connectivity index is 2.28. The predicted molar refractivity (Wildman–Crippen MR) is 96.4 cm³/mol. The number of hydrogen-bond acceptors (Lipinski definition) is 3. The molecule has 2 N–H and O–H groups in total. The average Bonchev–Trinajstić information content (AvgIpc) is 2.98. The third kappa shape index (κ3) is 7.41. The minimum Gasteiger partial charge on any atom is -0.356 e. The molecule has 0 radical (unpaired) electrons. The van der Waals surface area contributed by atoms with Crippen LogP contribution in [0.25, 0.3) is 0 Å². The summed E-state index contributed by atoms with van der Waals surface area (Å²) in [5.74, 6) is 2.87. The van der Waals surface area contributed by atoms with E-state index in [0.717, 1.165) is 19.0 Å². The first kappa shape index (κ1) is 18.6. The van der Waals surface area contributed by atoms with Gasteiger partial charge in [0.15, 0.2) is 5.96 Å². The van der Waals surface area contributed by atoms with Gasteiger partial charge in [-0.1, -0.05) is 13.8 Å². The van der Waals surface area contributed by atoms with Gasteiger partial charge in [-0.05, 0) is 56.7 Å². The third-order valence-corrected chi connectivity index (χ3v) is 4.85. The fraction of sp³-hybridized carbons (Fsp3) is 0.938. The van der Waals surface area contributed by atoms with Crippen LogP contribution in [0, 0.1) is 5.92 Å². The Morgan fingerprint density at radius 1 is 1.19 bits per heavy atom. The van der Waals surface area contributed by atoms with E-state index in [2.05, 4.69) is 40.6 Å². The SMILES string of the molecule is CN=C(NCCCCSC)NCC(C(C)C)N1CCCC1. The second-order valence-electron chi connectivity index (χ2n) is 6.13. The van der Waals surface area contributed by atoms with Crippen LogP contribution in [0.2, 0.25) is 0 Å². The van der Waals surface area contributed by atoms with E-state index < -0.39 is 0 Å². The number of unbranched alkanes of at least 4 members (excludes halogenated alkanes) is 1. The normalized spacial score (nSPS) is 18.2. The van der Waals surface area contributed by atoms with E-state index in [9.17, 15) is 0 Å². The van der Waals surface area contributed by atoms with Gasteiger partial charge in [0.2, 0.25) is 0 Å². The second kappa shape index (κ2) is 11.2. The summed E-state index contributed by atoms with van der Waals surface area (Å²) in [5.41, 5.74) is 0. The summed E-state index contributed by atoms with van der Waals surface area (Å²) in [6, 6.07) is 0.613. The smallest absolute Gasteiger partial charge is 0.191 e. The summed E-state index contributed by atoms with van der Waals surface area (Å²) in [6.07, 6.45) is 7.35. The quantitative estimate of drug-likeness (QED) is 0.389. The minimum atomic E-state index is 0.613. The molecule has 1 unspecified atom stereocenters. The summed E-state index contributed by atoms with van der Waals surface area (Å²) in [6.45, 7) is 9.15. The van der Waals surface area contributed by atoms with E-state index in [-0.39, 0.29) is 0 Å². The number of nitrogens with zero attached hydrogens (tertiary/aromatic N) is 2. The number of nitrogens with one attached hydrogen (secondary N) is 2. The van der Waals surface area contributed by atoms with Crippen molar-refractivity contribution in [1.82, 2.24) is 15.5 Å². The van der Waals surface area contributed by atoms with Crippen LogP contribution in [0.4, 0.5) is 0 Å². The van der Waals surface area contributed by atoms with Crippen LogP contribution < -0.4 is 10.6 Å². The van der Waals surface area contributed by atoms with Crippen molar-refractivity contribution in [3.63, 3.8) is 0 Å². The zero-order chi connectivity index (χ0) is 15.5. The molecule has 1 atom stereocenters. The Hall–Kier alpha value is -0.420. The molecule has 1 rings (SSSR count). The van der Waals surface area contributed by atoms with E-state index in [0.29, 0.717) is 12.0 Å². The van der Waals surface area contributed by atoms with Gasteiger partial charge in [0.05, 0.1) is 0 Å². The predicted octanol–water partition coefficient (Wildman–Crippen LogP) is 2.42. The molecule has 1 saturated heterocycles. The first-order valence-electron chi connectivity index (χ1n) is 8.36. The first-order chi connectivity index (χ1) is 10.2. The molecule has 1 aliphatic rings. The number of guanidine groups is 1. The molecule has 0 amide bonds. The van der Waals surface area contributed by atoms with Gasteiger partial charge in [-0.3, -0.25) is 9.89 Å². The van der Waals surface area contributed by atoms with Gasteiger partial charge in [-0.2, -0.15) is 11.8 Å². The number of thioether (sulfide) groups is 1. The lowest BCUT2D eigenvalue weighted by Crippen LogP contribution is -2.48. The molecule has 0 aromatic carbocycles. The standard InChI is InChI=1S/C16H34N4S/c1-14(2)15(20-10-6-7-11-20)13-19-16(17-3)18-9-5-8-12-21-4/h14-15H,5-13H2,1-4H3,(H2,17,18,19). The van der Waals surface area contributed by atoms with Crippen molar-refractivity contribution in [3.05, 3.63) is 0 Å². The van der Waals surface area contributed by atoms with Gasteiger partial charge in [0, 0.05) is 26.2 Å². The summed E-state index contributed by atoms with van der Waals surface area (Å²) in [7, 11) is 1.86. The average molecular weight is 315 g/mol. The van der Waals surface area contributed by atoms with Crippen molar-refractivity contribution in [2.24, 2.45) is 10.9 Å². The van der Waals surface area contributed by atoms with Gasteiger partial charge in [0.1, 0.15) is 0 Å². The van der Waals surface area contributed by atoms with E-state index in [1.54, 1.807) is 0 Å². The molecule has 21 heavy (non-hydrogen) atoms. The number of hydrogen-bond donors (Lipinski definition) is 2. The van der Waals surface area contributed by atoms with Crippen molar-refractivity contribution < 1.29 is 0 Å². The molecule has 0 bridgehead atoms. The molecule has 1 aliphatic heterocycles. The number of likely N-dealkylation sites (tertiary alicyclic amines) is 1. The summed E-state index contributed by atoms with van der Waals surface area (Å²) < 4.78 is 0. The molecular formula is C16H34N4S. The maximum atomic E-state index is 4.33. The molecule has 0 aromatic heterocycles. The molecule has 1 heterocycles.